The van der Waals surface area contributed by atoms with Crippen LogP contribution in [0.15, 0.2) is 18.3 Å². The van der Waals surface area contributed by atoms with Gasteiger partial charge in [0.2, 0.25) is 5.91 Å². The summed E-state index contributed by atoms with van der Waals surface area (Å²) in [5.41, 5.74) is 0. The van der Waals surface area contributed by atoms with Crippen molar-refractivity contribution in [1.82, 2.24) is 4.98 Å². The van der Waals surface area contributed by atoms with Crippen molar-refractivity contribution in [2.75, 3.05) is 11.4 Å². The maximum atomic E-state index is 11.8. The average Bonchev–Trinajstić information content (AvgIpc) is 2.59. The second-order valence-electron chi connectivity index (χ2n) is 3.79. The van der Waals surface area contributed by atoms with E-state index in [1.54, 1.807) is 6.07 Å². The molecule has 1 unspecified atom stereocenters. The zero-order valence-electron chi connectivity index (χ0n) is 9.29. The Kier molecular flexibility index (Phi) is 3.33. The molecule has 5 nitrogen and oxygen atoms in total. The third-order valence-corrected chi connectivity index (χ3v) is 3.42. The van der Waals surface area contributed by atoms with Crippen molar-refractivity contribution in [2.24, 2.45) is 0 Å². The van der Waals surface area contributed by atoms with E-state index < -0.39 is 0 Å². The highest BCUT2D eigenvalue weighted by atomic mass is 32.2. The molecule has 0 bridgehead atoms. The minimum atomic E-state index is -0.113. The first-order valence-electron chi connectivity index (χ1n) is 5.19. The SMILES string of the molecule is CC(=O)SC1CC(=O)N(c2ncccc2O)C1. The second-order valence-corrected chi connectivity index (χ2v) is 5.26. The first kappa shape index (κ1) is 11.9. The highest BCUT2D eigenvalue weighted by molar-refractivity contribution is 8.14. The Morgan fingerprint density at radius 2 is 2.41 bits per heavy atom. The van der Waals surface area contributed by atoms with Gasteiger partial charge in [-0.15, -0.1) is 0 Å². The fourth-order valence-electron chi connectivity index (χ4n) is 1.79. The topological polar surface area (TPSA) is 70.5 Å². The first-order valence-corrected chi connectivity index (χ1v) is 6.07. The molecule has 1 amide bonds. The molecular weight excluding hydrogens is 240 g/mol. The lowest BCUT2D eigenvalue weighted by Crippen LogP contribution is -2.25. The quantitative estimate of drug-likeness (QED) is 0.855. The normalized spacial score (nSPS) is 19.7. The monoisotopic (exact) mass is 252 g/mol. The highest BCUT2D eigenvalue weighted by Crippen LogP contribution is 2.31. The lowest BCUT2D eigenvalue weighted by molar-refractivity contribution is -0.117. The Bertz CT molecular complexity index is 464. The van der Waals surface area contributed by atoms with E-state index in [0.29, 0.717) is 13.0 Å². The van der Waals surface area contributed by atoms with Crippen LogP contribution >= 0.6 is 11.8 Å². The van der Waals surface area contributed by atoms with Gasteiger partial charge in [0.1, 0.15) is 0 Å². The van der Waals surface area contributed by atoms with Crippen molar-refractivity contribution in [3.05, 3.63) is 18.3 Å². The molecule has 2 rings (SSSR count). The van der Waals surface area contributed by atoms with Crippen LogP contribution in [0.3, 0.4) is 0 Å². The van der Waals surface area contributed by atoms with Crippen LogP contribution in [0.25, 0.3) is 0 Å². The summed E-state index contributed by atoms with van der Waals surface area (Å²) < 4.78 is 0. The molecule has 1 fully saturated rings. The number of nitrogens with zero attached hydrogens (tertiary/aromatic N) is 2. The van der Waals surface area contributed by atoms with Crippen LogP contribution in [0.1, 0.15) is 13.3 Å². The van der Waals surface area contributed by atoms with Crippen LogP contribution in [0.4, 0.5) is 5.82 Å². The molecule has 0 spiro atoms. The van der Waals surface area contributed by atoms with Crippen LogP contribution in [-0.2, 0) is 9.59 Å². The second kappa shape index (κ2) is 4.75. The van der Waals surface area contributed by atoms with E-state index in [0.717, 1.165) is 11.8 Å². The summed E-state index contributed by atoms with van der Waals surface area (Å²) in [4.78, 5) is 28.2. The molecule has 1 aromatic rings. The summed E-state index contributed by atoms with van der Waals surface area (Å²) >= 11 is 1.16. The molecule has 1 aliphatic heterocycles. The third-order valence-electron chi connectivity index (χ3n) is 2.44. The van der Waals surface area contributed by atoms with Gasteiger partial charge in [-0.2, -0.15) is 0 Å². The summed E-state index contributed by atoms with van der Waals surface area (Å²) in [5, 5.41) is 9.57. The largest absolute Gasteiger partial charge is 0.504 e. The Labute approximate surface area is 103 Å². The maximum Gasteiger partial charge on any atom is 0.229 e. The number of carbonyl (C=O) groups is 2. The molecule has 2 heterocycles. The van der Waals surface area contributed by atoms with Crippen molar-refractivity contribution in [1.29, 1.82) is 0 Å². The summed E-state index contributed by atoms with van der Waals surface area (Å²) in [6, 6.07) is 3.09. The number of aromatic hydroxyl groups is 1. The van der Waals surface area contributed by atoms with Crippen LogP contribution < -0.4 is 4.90 Å². The van der Waals surface area contributed by atoms with E-state index in [2.05, 4.69) is 4.98 Å². The summed E-state index contributed by atoms with van der Waals surface area (Å²) in [6.07, 6.45) is 1.83. The molecule has 1 aromatic heterocycles. The van der Waals surface area contributed by atoms with Gasteiger partial charge >= 0.3 is 0 Å². The van der Waals surface area contributed by atoms with Crippen LogP contribution in [-0.4, -0.2) is 32.9 Å². The molecular formula is C11H12N2O3S. The number of carbonyl (C=O) groups excluding carboxylic acids is 2. The molecule has 1 N–H and O–H groups in total. The van der Waals surface area contributed by atoms with Crippen molar-refractivity contribution in [2.45, 2.75) is 18.6 Å². The Hall–Kier alpha value is -1.56. The molecule has 0 aliphatic carbocycles. The molecule has 1 saturated heterocycles. The van der Waals surface area contributed by atoms with Gasteiger partial charge in [-0.3, -0.25) is 14.5 Å². The van der Waals surface area contributed by atoms with Gasteiger partial charge in [-0.1, -0.05) is 11.8 Å². The molecule has 0 aromatic carbocycles. The molecule has 1 atom stereocenters. The summed E-state index contributed by atoms with van der Waals surface area (Å²) in [5.74, 6) is 0.135. The van der Waals surface area contributed by atoms with Gasteiger partial charge in [-0.05, 0) is 12.1 Å². The fraction of sp³-hybridized carbons (Fsp3) is 0.364. The lowest BCUT2D eigenvalue weighted by Gasteiger charge is -2.15. The number of thioether (sulfide) groups is 1. The summed E-state index contributed by atoms with van der Waals surface area (Å²) in [6.45, 7) is 1.89. The predicted molar refractivity (Wildman–Crippen MR) is 64.9 cm³/mol. The van der Waals surface area contributed by atoms with Gasteiger partial charge in [0, 0.05) is 31.3 Å². The van der Waals surface area contributed by atoms with E-state index in [1.165, 1.54) is 24.1 Å². The van der Waals surface area contributed by atoms with Gasteiger partial charge in [0.15, 0.2) is 16.7 Å². The fourth-order valence-corrected chi connectivity index (χ4v) is 2.71. The number of rotatable bonds is 2. The van der Waals surface area contributed by atoms with Crippen LogP contribution in [0.5, 0.6) is 5.75 Å². The number of pyridine rings is 1. The lowest BCUT2D eigenvalue weighted by atomic mass is 10.4. The summed E-state index contributed by atoms with van der Waals surface area (Å²) in [7, 11) is 0. The average molecular weight is 252 g/mol. The van der Waals surface area contributed by atoms with Gasteiger partial charge < -0.3 is 5.11 Å². The predicted octanol–water partition coefficient (Wildman–Crippen LogP) is 1.17. The molecule has 0 saturated carbocycles. The van der Waals surface area contributed by atoms with E-state index in [4.69, 9.17) is 0 Å². The Balaban J connectivity index is 2.16. The third kappa shape index (κ3) is 2.58. The Morgan fingerprint density at radius 3 is 3.06 bits per heavy atom. The standard InChI is InChI=1S/C11H12N2O3S/c1-7(14)17-8-5-10(16)13(6-8)11-9(15)3-2-4-12-11/h2-4,8,15H,5-6H2,1H3. The zero-order chi connectivity index (χ0) is 12.4. The Morgan fingerprint density at radius 1 is 1.65 bits per heavy atom. The number of amides is 1. The van der Waals surface area contributed by atoms with E-state index in [1.807, 2.05) is 0 Å². The molecule has 0 radical (unpaired) electrons. The molecule has 6 heteroatoms. The van der Waals surface area contributed by atoms with E-state index >= 15 is 0 Å². The smallest absolute Gasteiger partial charge is 0.229 e. The number of hydrogen-bond acceptors (Lipinski definition) is 5. The van der Waals surface area contributed by atoms with E-state index in [-0.39, 0.29) is 27.8 Å². The number of hydrogen-bond donors (Lipinski definition) is 1. The van der Waals surface area contributed by atoms with Gasteiger partial charge in [0.05, 0.1) is 0 Å². The maximum absolute atomic E-state index is 11.8. The number of anilines is 1. The van der Waals surface area contributed by atoms with Crippen molar-refractivity contribution < 1.29 is 14.7 Å². The van der Waals surface area contributed by atoms with Gasteiger partial charge in [-0.25, -0.2) is 4.98 Å². The van der Waals surface area contributed by atoms with Crippen LogP contribution in [0.2, 0.25) is 0 Å². The zero-order valence-corrected chi connectivity index (χ0v) is 10.1. The van der Waals surface area contributed by atoms with Crippen molar-refractivity contribution in [3.8, 4) is 5.75 Å². The van der Waals surface area contributed by atoms with Gasteiger partial charge in [0.25, 0.3) is 0 Å². The minimum absolute atomic E-state index is 0.00473. The van der Waals surface area contributed by atoms with Crippen molar-refractivity contribution >= 4 is 28.6 Å². The van der Waals surface area contributed by atoms with Crippen LogP contribution in [0, 0.1) is 0 Å². The first-order chi connectivity index (χ1) is 8.08. The highest BCUT2D eigenvalue weighted by Gasteiger charge is 2.33. The van der Waals surface area contributed by atoms with E-state index in [9.17, 15) is 14.7 Å². The molecule has 17 heavy (non-hydrogen) atoms. The molecule has 1 aliphatic rings. The van der Waals surface area contributed by atoms with Crippen molar-refractivity contribution in [3.63, 3.8) is 0 Å². The number of aromatic nitrogens is 1. The molecule has 90 valence electrons. The minimum Gasteiger partial charge on any atom is -0.504 e.